The number of thiophene rings is 1. The molecule has 4 rings (SSSR count). The summed E-state index contributed by atoms with van der Waals surface area (Å²) in [7, 11) is 0. The summed E-state index contributed by atoms with van der Waals surface area (Å²) in [5, 5.41) is 12.7. The van der Waals surface area contributed by atoms with Gasteiger partial charge in [0, 0.05) is 38.1 Å². The number of hydrogen-bond acceptors (Lipinski definition) is 5. The summed E-state index contributed by atoms with van der Waals surface area (Å²) in [4.78, 5) is 30.6. The van der Waals surface area contributed by atoms with Gasteiger partial charge in [0.2, 0.25) is 0 Å². The standard InChI is InChI=1S/C24H26N4O2S/c1-2-3-6-11-28-20-9-5-4-8-18(20)22(19(17-25)23(28)29)26-12-14-27(15-13-26)24(30)21-10-7-16-31-21/h4-5,7-10,16H,2-3,6,11-15H2,1H3. The number of nitrogens with zero attached hydrogens (tertiary/aromatic N) is 4. The maximum atomic E-state index is 13.3. The normalized spacial score (nSPS) is 14.1. The number of carbonyl (C=O) groups is 1. The summed E-state index contributed by atoms with van der Waals surface area (Å²) >= 11 is 1.45. The Labute approximate surface area is 185 Å². The van der Waals surface area contributed by atoms with Gasteiger partial charge in [-0.2, -0.15) is 5.26 Å². The number of unbranched alkanes of at least 4 members (excludes halogenated alkanes) is 2. The minimum Gasteiger partial charge on any atom is -0.366 e. The number of rotatable bonds is 6. The second kappa shape index (κ2) is 9.36. The number of amides is 1. The molecule has 2 aromatic heterocycles. The van der Waals surface area contributed by atoms with Crippen LogP contribution in [-0.4, -0.2) is 41.6 Å². The summed E-state index contributed by atoms with van der Waals surface area (Å²) in [5.74, 6) is 0.0476. The van der Waals surface area contributed by atoms with Gasteiger partial charge in [0.05, 0.1) is 16.1 Å². The quantitative estimate of drug-likeness (QED) is 0.548. The number of aryl methyl sites for hydroxylation is 1. The van der Waals surface area contributed by atoms with E-state index in [4.69, 9.17) is 0 Å². The Morgan fingerprint density at radius 2 is 1.87 bits per heavy atom. The number of benzene rings is 1. The van der Waals surface area contributed by atoms with Crippen LogP contribution < -0.4 is 10.5 Å². The fourth-order valence-electron chi connectivity index (χ4n) is 4.25. The van der Waals surface area contributed by atoms with E-state index in [0.717, 1.165) is 35.0 Å². The van der Waals surface area contributed by atoms with Crippen molar-refractivity contribution in [3.8, 4) is 6.07 Å². The van der Waals surface area contributed by atoms with Crippen LogP contribution in [0.1, 0.15) is 41.4 Å². The molecule has 0 spiro atoms. The van der Waals surface area contributed by atoms with Crippen molar-refractivity contribution in [1.29, 1.82) is 5.26 Å². The number of pyridine rings is 1. The Bertz CT molecular complexity index is 1170. The van der Waals surface area contributed by atoms with Crippen molar-refractivity contribution in [1.82, 2.24) is 9.47 Å². The Kier molecular flexibility index (Phi) is 6.38. The first-order chi connectivity index (χ1) is 15.2. The van der Waals surface area contributed by atoms with E-state index in [0.29, 0.717) is 38.4 Å². The SMILES string of the molecule is CCCCCn1c(=O)c(C#N)c(N2CCN(C(=O)c3cccs3)CC2)c2ccccc21. The highest BCUT2D eigenvalue weighted by Crippen LogP contribution is 2.30. The molecule has 0 saturated carbocycles. The van der Waals surface area contributed by atoms with Gasteiger partial charge in [0.15, 0.2) is 0 Å². The van der Waals surface area contributed by atoms with E-state index in [9.17, 15) is 14.9 Å². The highest BCUT2D eigenvalue weighted by Gasteiger charge is 2.27. The average molecular weight is 435 g/mol. The van der Waals surface area contributed by atoms with Crippen LogP contribution in [-0.2, 0) is 6.54 Å². The molecule has 0 radical (unpaired) electrons. The number of anilines is 1. The predicted molar refractivity (Wildman–Crippen MR) is 125 cm³/mol. The molecule has 1 aliphatic rings. The molecule has 3 heterocycles. The van der Waals surface area contributed by atoms with Crippen LogP contribution in [0.2, 0.25) is 0 Å². The Morgan fingerprint density at radius 3 is 2.55 bits per heavy atom. The molecule has 6 nitrogen and oxygen atoms in total. The zero-order valence-electron chi connectivity index (χ0n) is 17.7. The molecule has 160 valence electrons. The lowest BCUT2D eigenvalue weighted by Gasteiger charge is -2.37. The van der Waals surface area contributed by atoms with E-state index >= 15 is 0 Å². The van der Waals surface area contributed by atoms with E-state index in [1.807, 2.05) is 46.7 Å². The zero-order valence-corrected chi connectivity index (χ0v) is 18.5. The molecule has 0 bridgehead atoms. The van der Waals surface area contributed by atoms with Crippen LogP contribution in [0.4, 0.5) is 5.69 Å². The lowest BCUT2D eigenvalue weighted by atomic mass is 10.1. The van der Waals surface area contributed by atoms with Crippen LogP contribution in [0.15, 0.2) is 46.6 Å². The number of carbonyl (C=O) groups excluding carboxylic acids is 1. The van der Waals surface area contributed by atoms with Gasteiger partial charge in [0.25, 0.3) is 11.5 Å². The third-order valence-electron chi connectivity index (χ3n) is 5.86. The molecule has 3 aromatic rings. The van der Waals surface area contributed by atoms with Gasteiger partial charge < -0.3 is 14.4 Å². The fourth-order valence-corrected chi connectivity index (χ4v) is 4.94. The summed E-state index contributed by atoms with van der Waals surface area (Å²) in [6.07, 6.45) is 3.03. The molecule has 0 unspecified atom stereocenters. The van der Waals surface area contributed by atoms with Gasteiger partial charge in [-0.25, -0.2) is 0 Å². The Hall–Kier alpha value is -3.11. The van der Waals surface area contributed by atoms with Crippen LogP contribution >= 0.6 is 11.3 Å². The number of para-hydroxylation sites is 1. The summed E-state index contributed by atoms with van der Waals surface area (Å²) in [5.41, 5.74) is 1.56. The molecular weight excluding hydrogens is 408 g/mol. The molecule has 0 aliphatic carbocycles. The summed E-state index contributed by atoms with van der Waals surface area (Å²) in [6.45, 7) is 5.06. The van der Waals surface area contributed by atoms with Crippen molar-refractivity contribution in [2.45, 2.75) is 32.7 Å². The van der Waals surface area contributed by atoms with Crippen molar-refractivity contribution < 1.29 is 4.79 Å². The number of nitriles is 1. The minimum atomic E-state index is -0.218. The zero-order chi connectivity index (χ0) is 21.8. The van der Waals surface area contributed by atoms with Gasteiger partial charge >= 0.3 is 0 Å². The molecule has 1 fully saturated rings. The van der Waals surface area contributed by atoms with Crippen LogP contribution in [0, 0.1) is 11.3 Å². The van der Waals surface area contributed by atoms with Gasteiger partial charge in [-0.15, -0.1) is 11.3 Å². The summed E-state index contributed by atoms with van der Waals surface area (Å²) < 4.78 is 1.75. The van der Waals surface area contributed by atoms with Gasteiger partial charge in [0.1, 0.15) is 11.6 Å². The van der Waals surface area contributed by atoms with Gasteiger partial charge in [-0.1, -0.05) is 44.0 Å². The Balaban J connectivity index is 1.67. The Morgan fingerprint density at radius 1 is 1.10 bits per heavy atom. The highest BCUT2D eigenvalue weighted by atomic mass is 32.1. The molecule has 1 aromatic carbocycles. The molecular formula is C24H26N4O2S. The fraction of sp³-hybridized carbons (Fsp3) is 0.375. The first kappa shape index (κ1) is 21.1. The first-order valence-corrected chi connectivity index (χ1v) is 11.7. The van der Waals surface area contributed by atoms with Crippen molar-refractivity contribution in [2.24, 2.45) is 0 Å². The molecule has 0 atom stereocenters. The lowest BCUT2D eigenvalue weighted by molar-refractivity contribution is 0.0751. The topological polar surface area (TPSA) is 69.3 Å². The third kappa shape index (κ3) is 4.08. The maximum Gasteiger partial charge on any atom is 0.271 e. The van der Waals surface area contributed by atoms with E-state index in [2.05, 4.69) is 17.9 Å². The number of fused-ring (bicyclic) bond motifs is 1. The third-order valence-corrected chi connectivity index (χ3v) is 6.72. The molecule has 0 N–H and O–H groups in total. The van der Waals surface area contributed by atoms with Crippen molar-refractivity contribution in [3.05, 3.63) is 62.6 Å². The molecule has 1 saturated heterocycles. The van der Waals surface area contributed by atoms with E-state index < -0.39 is 0 Å². The van der Waals surface area contributed by atoms with E-state index in [1.165, 1.54) is 11.3 Å². The maximum absolute atomic E-state index is 13.3. The van der Waals surface area contributed by atoms with Crippen molar-refractivity contribution in [3.63, 3.8) is 0 Å². The predicted octanol–water partition coefficient (Wildman–Crippen LogP) is 4.09. The van der Waals surface area contributed by atoms with Gasteiger partial charge in [-0.05, 0) is 23.9 Å². The van der Waals surface area contributed by atoms with E-state index in [-0.39, 0.29) is 17.0 Å². The smallest absolute Gasteiger partial charge is 0.271 e. The highest BCUT2D eigenvalue weighted by molar-refractivity contribution is 7.12. The monoisotopic (exact) mass is 434 g/mol. The number of hydrogen-bond donors (Lipinski definition) is 0. The lowest BCUT2D eigenvalue weighted by Crippen LogP contribution is -2.49. The second-order valence-corrected chi connectivity index (χ2v) is 8.72. The van der Waals surface area contributed by atoms with Crippen LogP contribution in [0.5, 0.6) is 0 Å². The molecule has 1 amide bonds. The average Bonchev–Trinajstić information content (AvgIpc) is 3.35. The van der Waals surface area contributed by atoms with Crippen molar-refractivity contribution in [2.75, 3.05) is 31.1 Å². The van der Waals surface area contributed by atoms with E-state index in [1.54, 1.807) is 4.57 Å². The van der Waals surface area contributed by atoms with Gasteiger partial charge in [-0.3, -0.25) is 9.59 Å². The largest absolute Gasteiger partial charge is 0.366 e. The minimum absolute atomic E-state index is 0.0476. The first-order valence-electron chi connectivity index (χ1n) is 10.8. The second-order valence-electron chi connectivity index (χ2n) is 7.77. The molecule has 31 heavy (non-hydrogen) atoms. The number of piperazine rings is 1. The summed E-state index contributed by atoms with van der Waals surface area (Å²) in [6, 6.07) is 13.8. The van der Waals surface area contributed by atoms with Crippen molar-refractivity contribution >= 4 is 33.8 Å². The molecule has 1 aliphatic heterocycles. The van der Waals surface area contributed by atoms with Crippen LogP contribution in [0.25, 0.3) is 10.9 Å². The van der Waals surface area contributed by atoms with Crippen LogP contribution in [0.3, 0.4) is 0 Å². The number of aromatic nitrogens is 1. The molecule has 7 heteroatoms.